The molecule has 3 aromatic rings. The minimum Gasteiger partial charge on any atom is -0.342 e. The number of aromatic amines is 1. The lowest BCUT2D eigenvalue weighted by Crippen LogP contribution is -2.36. The Labute approximate surface area is 150 Å². The van der Waals surface area contributed by atoms with Crippen LogP contribution >= 0.6 is 11.6 Å². The molecule has 0 saturated carbocycles. The zero-order valence-corrected chi connectivity index (χ0v) is 14.8. The SMILES string of the molecule is CC1CCCN(c2nc3nccc(-c4ccccc4Cl)c3c(=O)[nH]2)C1. The first-order valence-electron chi connectivity index (χ1n) is 8.52. The summed E-state index contributed by atoms with van der Waals surface area (Å²) in [6.45, 7) is 4.03. The van der Waals surface area contributed by atoms with E-state index in [1.54, 1.807) is 6.20 Å². The molecule has 6 heteroatoms. The standard InChI is InChI=1S/C19H19ClN4O/c1-12-5-4-10-24(11-12)19-22-17-16(18(25)23-19)14(8-9-21-17)13-6-2-3-7-15(13)20/h2-3,6-9,12H,4-5,10-11H2,1H3,(H,21,22,23,25). The molecule has 1 aliphatic rings. The van der Waals surface area contributed by atoms with Crippen LogP contribution in [-0.4, -0.2) is 28.0 Å². The fourth-order valence-electron chi connectivity index (χ4n) is 3.49. The number of rotatable bonds is 2. The Morgan fingerprint density at radius 3 is 2.88 bits per heavy atom. The molecule has 25 heavy (non-hydrogen) atoms. The number of halogens is 1. The Bertz CT molecular complexity index is 985. The first-order valence-corrected chi connectivity index (χ1v) is 8.90. The van der Waals surface area contributed by atoms with Crippen molar-refractivity contribution < 1.29 is 0 Å². The second-order valence-electron chi connectivity index (χ2n) is 6.62. The highest BCUT2D eigenvalue weighted by atomic mass is 35.5. The number of benzene rings is 1. The monoisotopic (exact) mass is 354 g/mol. The van der Waals surface area contributed by atoms with Crippen molar-refractivity contribution in [3.8, 4) is 11.1 Å². The van der Waals surface area contributed by atoms with Gasteiger partial charge in [0.15, 0.2) is 5.65 Å². The van der Waals surface area contributed by atoms with Crippen LogP contribution < -0.4 is 10.5 Å². The number of H-pyrrole nitrogens is 1. The predicted octanol–water partition coefficient (Wildman–Crippen LogP) is 3.87. The van der Waals surface area contributed by atoms with Crippen LogP contribution in [0.2, 0.25) is 5.02 Å². The van der Waals surface area contributed by atoms with Gasteiger partial charge < -0.3 is 4.90 Å². The normalized spacial score (nSPS) is 17.8. The molecule has 5 nitrogen and oxygen atoms in total. The second-order valence-corrected chi connectivity index (χ2v) is 7.03. The topological polar surface area (TPSA) is 61.9 Å². The second kappa shape index (κ2) is 6.48. The van der Waals surface area contributed by atoms with E-state index in [-0.39, 0.29) is 5.56 Å². The van der Waals surface area contributed by atoms with Gasteiger partial charge in [-0.3, -0.25) is 9.78 Å². The van der Waals surface area contributed by atoms with E-state index < -0.39 is 0 Å². The number of pyridine rings is 1. The summed E-state index contributed by atoms with van der Waals surface area (Å²) in [6, 6.07) is 9.29. The minimum absolute atomic E-state index is 0.179. The maximum Gasteiger partial charge on any atom is 0.262 e. The van der Waals surface area contributed by atoms with Gasteiger partial charge >= 0.3 is 0 Å². The quantitative estimate of drug-likeness (QED) is 0.758. The van der Waals surface area contributed by atoms with Crippen molar-refractivity contribution >= 4 is 28.6 Å². The maximum atomic E-state index is 12.8. The molecule has 0 radical (unpaired) electrons. The molecule has 2 aromatic heterocycles. The molecule has 1 N–H and O–H groups in total. The van der Waals surface area contributed by atoms with Crippen LogP contribution in [0.4, 0.5) is 5.95 Å². The number of nitrogens with one attached hydrogen (secondary N) is 1. The molecular weight excluding hydrogens is 336 g/mol. The molecule has 0 spiro atoms. The lowest BCUT2D eigenvalue weighted by Gasteiger charge is -2.31. The third-order valence-corrected chi connectivity index (χ3v) is 5.05. The Hall–Kier alpha value is -2.40. The lowest BCUT2D eigenvalue weighted by molar-refractivity contribution is 0.442. The third kappa shape index (κ3) is 3.00. The molecule has 1 aromatic carbocycles. The predicted molar refractivity (Wildman–Crippen MR) is 101 cm³/mol. The number of hydrogen-bond donors (Lipinski definition) is 1. The molecule has 0 amide bonds. The summed E-state index contributed by atoms with van der Waals surface area (Å²) >= 11 is 6.32. The summed E-state index contributed by atoms with van der Waals surface area (Å²) in [5, 5.41) is 1.08. The summed E-state index contributed by atoms with van der Waals surface area (Å²) < 4.78 is 0. The molecular formula is C19H19ClN4O. The van der Waals surface area contributed by atoms with E-state index in [0.717, 1.165) is 30.6 Å². The molecule has 3 heterocycles. The fraction of sp³-hybridized carbons (Fsp3) is 0.316. The van der Waals surface area contributed by atoms with Crippen LogP contribution in [0.25, 0.3) is 22.2 Å². The highest BCUT2D eigenvalue weighted by molar-refractivity contribution is 6.33. The van der Waals surface area contributed by atoms with E-state index in [2.05, 4.69) is 26.8 Å². The van der Waals surface area contributed by atoms with Gasteiger partial charge in [0.25, 0.3) is 5.56 Å². The van der Waals surface area contributed by atoms with Crippen LogP contribution in [-0.2, 0) is 0 Å². The smallest absolute Gasteiger partial charge is 0.262 e. The molecule has 1 fully saturated rings. The Kier molecular flexibility index (Phi) is 4.17. The fourth-order valence-corrected chi connectivity index (χ4v) is 3.72. The van der Waals surface area contributed by atoms with Crippen LogP contribution in [0.5, 0.6) is 0 Å². The first-order chi connectivity index (χ1) is 12.1. The van der Waals surface area contributed by atoms with Gasteiger partial charge in [-0.2, -0.15) is 4.98 Å². The first kappa shape index (κ1) is 16.1. The van der Waals surface area contributed by atoms with Crippen molar-refractivity contribution in [2.75, 3.05) is 18.0 Å². The van der Waals surface area contributed by atoms with Gasteiger partial charge in [-0.1, -0.05) is 36.7 Å². The molecule has 1 aliphatic heterocycles. The van der Waals surface area contributed by atoms with Gasteiger partial charge in [0.05, 0.1) is 5.39 Å². The maximum absolute atomic E-state index is 12.8. The molecule has 0 bridgehead atoms. The lowest BCUT2D eigenvalue weighted by atomic mass is 10.0. The van der Waals surface area contributed by atoms with Gasteiger partial charge in [0, 0.05) is 35.4 Å². The van der Waals surface area contributed by atoms with Crippen molar-refractivity contribution in [1.82, 2.24) is 15.0 Å². The van der Waals surface area contributed by atoms with Crippen LogP contribution in [0, 0.1) is 5.92 Å². The zero-order valence-electron chi connectivity index (χ0n) is 14.0. The van der Waals surface area contributed by atoms with Gasteiger partial charge in [0.1, 0.15) is 0 Å². The largest absolute Gasteiger partial charge is 0.342 e. The minimum atomic E-state index is -0.179. The van der Waals surface area contributed by atoms with E-state index in [9.17, 15) is 4.79 Å². The summed E-state index contributed by atoms with van der Waals surface area (Å²) in [5.41, 5.74) is 1.83. The molecule has 128 valence electrons. The number of aromatic nitrogens is 3. The Morgan fingerprint density at radius 2 is 2.08 bits per heavy atom. The van der Waals surface area contributed by atoms with Crippen molar-refractivity contribution in [3.63, 3.8) is 0 Å². The van der Waals surface area contributed by atoms with E-state index in [1.807, 2.05) is 30.3 Å². The van der Waals surface area contributed by atoms with E-state index in [4.69, 9.17) is 11.6 Å². The number of nitrogens with zero attached hydrogens (tertiary/aromatic N) is 3. The van der Waals surface area contributed by atoms with Crippen molar-refractivity contribution in [1.29, 1.82) is 0 Å². The number of piperidine rings is 1. The molecule has 0 aliphatic carbocycles. The Morgan fingerprint density at radius 1 is 1.24 bits per heavy atom. The summed E-state index contributed by atoms with van der Waals surface area (Å²) in [4.78, 5) is 26.9. The van der Waals surface area contributed by atoms with Gasteiger partial charge in [0.2, 0.25) is 5.95 Å². The number of hydrogen-bond acceptors (Lipinski definition) is 4. The molecule has 1 unspecified atom stereocenters. The van der Waals surface area contributed by atoms with E-state index in [1.165, 1.54) is 6.42 Å². The zero-order chi connectivity index (χ0) is 17.4. The van der Waals surface area contributed by atoms with Gasteiger partial charge in [-0.25, -0.2) is 4.98 Å². The van der Waals surface area contributed by atoms with Crippen LogP contribution in [0.15, 0.2) is 41.3 Å². The van der Waals surface area contributed by atoms with Gasteiger partial charge in [-0.05, 0) is 30.9 Å². The van der Waals surface area contributed by atoms with Crippen molar-refractivity contribution in [3.05, 3.63) is 51.9 Å². The van der Waals surface area contributed by atoms with Gasteiger partial charge in [-0.15, -0.1) is 0 Å². The van der Waals surface area contributed by atoms with Crippen LogP contribution in [0.3, 0.4) is 0 Å². The molecule has 4 rings (SSSR count). The Balaban J connectivity index is 1.87. The number of anilines is 1. The van der Waals surface area contributed by atoms with Crippen molar-refractivity contribution in [2.45, 2.75) is 19.8 Å². The average Bonchev–Trinajstić information content (AvgIpc) is 2.61. The highest BCUT2D eigenvalue weighted by Crippen LogP contribution is 2.31. The summed E-state index contributed by atoms with van der Waals surface area (Å²) in [7, 11) is 0. The highest BCUT2D eigenvalue weighted by Gasteiger charge is 2.20. The average molecular weight is 355 g/mol. The number of fused-ring (bicyclic) bond motifs is 1. The van der Waals surface area contributed by atoms with E-state index >= 15 is 0 Å². The molecule has 1 saturated heterocycles. The molecule has 1 atom stereocenters. The third-order valence-electron chi connectivity index (χ3n) is 4.72. The van der Waals surface area contributed by atoms with E-state index in [0.29, 0.717) is 27.9 Å². The summed E-state index contributed by atoms with van der Waals surface area (Å²) in [6.07, 6.45) is 4.00. The van der Waals surface area contributed by atoms with Crippen LogP contribution in [0.1, 0.15) is 19.8 Å². The van der Waals surface area contributed by atoms with Crippen molar-refractivity contribution in [2.24, 2.45) is 5.92 Å². The summed E-state index contributed by atoms with van der Waals surface area (Å²) in [5.74, 6) is 1.20.